The fourth-order valence-electron chi connectivity index (χ4n) is 5.08. The molecule has 1 aliphatic rings. The number of piperidine rings is 1. The zero-order chi connectivity index (χ0) is 28.1. The fourth-order valence-corrected chi connectivity index (χ4v) is 5.76. The lowest BCUT2D eigenvalue weighted by Crippen LogP contribution is -2.38. The third-order valence-corrected chi connectivity index (χ3v) is 8.20. The van der Waals surface area contributed by atoms with E-state index in [4.69, 9.17) is 19.8 Å². The fraction of sp³-hybridized carbons (Fsp3) is 0.323. The van der Waals surface area contributed by atoms with Gasteiger partial charge < -0.3 is 13.9 Å². The summed E-state index contributed by atoms with van der Waals surface area (Å²) in [6.45, 7) is 3.36. The van der Waals surface area contributed by atoms with Crippen molar-refractivity contribution in [1.82, 2.24) is 24.4 Å². The number of carbonyl (C=O) groups is 1. The Bertz CT molecular complexity index is 1540. The van der Waals surface area contributed by atoms with Crippen LogP contribution in [0.3, 0.4) is 0 Å². The Balaban J connectivity index is 1.46. The smallest absolute Gasteiger partial charge is 0.291 e. The third-order valence-electron chi connectivity index (χ3n) is 7.42. The minimum Gasteiger partial charge on any atom is -0.438 e. The summed E-state index contributed by atoms with van der Waals surface area (Å²) in [4.78, 5) is 28.3. The van der Waals surface area contributed by atoms with Crippen molar-refractivity contribution in [1.29, 1.82) is 5.41 Å². The highest BCUT2D eigenvalue weighted by Crippen LogP contribution is 2.33. The molecule has 1 fully saturated rings. The predicted octanol–water partition coefficient (Wildman–Crippen LogP) is 6.35. The van der Waals surface area contributed by atoms with E-state index in [1.165, 1.54) is 12.6 Å². The Morgan fingerprint density at radius 2 is 1.93 bits per heavy atom. The number of oxazole rings is 1. The predicted molar refractivity (Wildman–Crippen MR) is 157 cm³/mol. The van der Waals surface area contributed by atoms with Gasteiger partial charge in [0, 0.05) is 49.0 Å². The van der Waals surface area contributed by atoms with Crippen molar-refractivity contribution in [2.24, 2.45) is 7.05 Å². The molecule has 0 unspecified atom stereocenters. The number of nitrogens with one attached hydrogen (secondary N) is 1. The van der Waals surface area contributed by atoms with Crippen LogP contribution in [0.1, 0.15) is 72.6 Å². The molecular weight excluding hydrogens is 568 g/mol. The van der Waals surface area contributed by atoms with Crippen molar-refractivity contribution in [3.63, 3.8) is 0 Å². The second kappa shape index (κ2) is 12.6. The van der Waals surface area contributed by atoms with Gasteiger partial charge in [0.25, 0.3) is 5.91 Å². The first-order valence-electron chi connectivity index (χ1n) is 13.7. The van der Waals surface area contributed by atoms with Gasteiger partial charge in [-0.3, -0.25) is 15.2 Å². The van der Waals surface area contributed by atoms with Crippen molar-refractivity contribution in [3.05, 3.63) is 100 Å². The third kappa shape index (κ3) is 5.84. The SMILES string of the molecule is CCCC/C=C(/c1ccc(-c2ccccc2)nc1)c1nc(C2CCN(C(=O)c3cnco3)CC2)c(Br)c(=N)n1C. The van der Waals surface area contributed by atoms with Crippen LogP contribution >= 0.6 is 15.9 Å². The summed E-state index contributed by atoms with van der Waals surface area (Å²) in [5.41, 5.74) is 5.17. The van der Waals surface area contributed by atoms with E-state index < -0.39 is 0 Å². The summed E-state index contributed by atoms with van der Waals surface area (Å²) in [6, 6.07) is 14.3. The standard InChI is InChI=1S/C31H33BrN6O2/c1-3-4-6-11-24(23-12-13-25(35-18-23)21-9-7-5-8-10-21)30-36-28(27(32)29(33)37(30)2)22-14-16-38(17-15-22)31(39)26-19-34-20-40-26/h5,7-13,18-20,22,33H,3-4,6,14-17H2,1-2H3/b24-11-,33-29?. The minimum atomic E-state index is -0.142. The van der Waals surface area contributed by atoms with Crippen LogP contribution in [0.15, 0.2) is 76.2 Å². The minimum absolute atomic E-state index is 0.118. The summed E-state index contributed by atoms with van der Waals surface area (Å²) in [5.74, 6) is 0.979. The van der Waals surface area contributed by atoms with E-state index >= 15 is 0 Å². The Kier molecular flexibility index (Phi) is 8.69. The molecule has 1 aromatic carbocycles. The highest BCUT2D eigenvalue weighted by atomic mass is 79.9. The van der Waals surface area contributed by atoms with Crippen molar-refractivity contribution in [3.8, 4) is 11.3 Å². The van der Waals surface area contributed by atoms with Crippen molar-refractivity contribution in [2.75, 3.05) is 13.1 Å². The van der Waals surface area contributed by atoms with Crippen LogP contribution in [0.5, 0.6) is 0 Å². The molecule has 1 N–H and O–H groups in total. The Labute approximate surface area is 242 Å². The van der Waals surface area contributed by atoms with Crippen LogP contribution in [-0.4, -0.2) is 43.4 Å². The molecule has 1 amide bonds. The van der Waals surface area contributed by atoms with Gasteiger partial charge in [0.1, 0.15) is 11.3 Å². The maximum absolute atomic E-state index is 12.7. The van der Waals surface area contributed by atoms with Crippen LogP contribution in [0, 0.1) is 5.41 Å². The molecule has 0 aliphatic carbocycles. The highest BCUT2D eigenvalue weighted by Gasteiger charge is 2.29. The summed E-state index contributed by atoms with van der Waals surface area (Å²) in [7, 11) is 1.89. The molecule has 40 heavy (non-hydrogen) atoms. The maximum atomic E-state index is 12.7. The van der Waals surface area contributed by atoms with Crippen LogP contribution in [0.2, 0.25) is 0 Å². The number of unbranched alkanes of at least 4 members (excludes halogenated alkanes) is 2. The molecule has 9 heteroatoms. The summed E-state index contributed by atoms with van der Waals surface area (Å²) < 4.78 is 7.73. The number of rotatable bonds is 8. The largest absolute Gasteiger partial charge is 0.438 e. The van der Waals surface area contributed by atoms with E-state index in [2.05, 4.69) is 52.1 Å². The molecule has 4 aromatic rings. The molecule has 3 aromatic heterocycles. The number of carbonyl (C=O) groups excluding carboxylic acids is 1. The molecule has 0 saturated carbocycles. The molecule has 1 saturated heterocycles. The molecule has 4 heterocycles. The van der Waals surface area contributed by atoms with Crippen LogP contribution in [-0.2, 0) is 7.05 Å². The Hall–Kier alpha value is -3.85. The number of hydrogen-bond donors (Lipinski definition) is 1. The monoisotopic (exact) mass is 600 g/mol. The van der Waals surface area contributed by atoms with E-state index in [1.54, 1.807) is 4.90 Å². The first-order valence-corrected chi connectivity index (χ1v) is 14.5. The van der Waals surface area contributed by atoms with E-state index in [9.17, 15) is 4.79 Å². The topological polar surface area (TPSA) is 101 Å². The molecule has 0 radical (unpaired) electrons. The molecule has 0 spiro atoms. The lowest BCUT2D eigenvalue weighted by molar-refractivity contribution is 0.0679. The second-order valence-corrected chi connectivity index (χ2v) is 10.8. The number of pyridine rings is 1. The molecule has 8 nitrogen and oxygen atoms in total. The summed E-state index contributed by atoms with van der Waals surface area (Å²) in [6.07, 6.45) is 11.4. The van der Waals surface area contributed by atoms with Gasteiger partial charge in [-0.2, -0.15) is 0 Å². The van der Waals surface area contributed by atoms with Crippen molar-refractivity contribution in [2.45, 2.75) is 44.9 Å². The maximum Gasteiger partial charge on any atom is 0.291 e. The average molecular weight is 602 g/mol. The first-order chi connectivity index (χ1) is 19.5. The Morgan fingerprint density at radius 3 is 2.58 bits per heavy atom. The zero-order valence-electron chi connectivity index (χ0n) is 22.8. The molecular formula is C31H33BrN6O2. The van der Waals surface area contributed by atoms with Gasteiger partial charge in [-0.15, -0.1) is 0 Å². The average Bonchev–Trinajstić information content (AvgIpc) is 3.55. The van der Waals surface area contributed by atoms with Gasteiger partial charge in [-0.05, 0) is 41.3 Å². The van der Waals surface area contributed by atoms with Crippen LogP contribution in [0.25, 0.3) is 16.8 Å². The molecule has 0 bridgehead atoms. The van der Waals surface area contributed by atoms with Gasteiger partial charge in [0.2, 0.25) is 5.76 Å². The molecule has 206 valence electrons. The van der Waals surface area contributed by atoms with Gasteiger partial charge in [-0.25, -0.2) is 9.97 Å². The highest BCUT2D eigenvalue weighted by molar-refractivity contribution is 9.10. The number of likely N-dealkylation sites (tertiary alicyclic amines) is 1. The first kappa shape index (κ1) is 27.7. The second-order valence-electron chi connectivity index (χ2n) is 10.0. The van der Waals surface area contributed by atoms with E-state index in [-0.39, 0.29) is 17.6 Å². The number of allylic oxidation sites excluding steroid dienone is 1. The van der Waals surface area contributed by atoms with E-state index in [0.717, 1.165) is 66.0 Å². The number of hydrogen-bond acceptors (Lipinski definition) is 6. The number of amides is 1. The van der Waals surface area contributed by atoms with Crippen LogP contribution < -0.4 is 5.49 Å². The number of nitrogens with zero attached hydrogens (tertiary/aromatic N) is 5. The summed E-state index contributed by atoms with van der Waals surface area (Å²) in [5, 5.41) is 8.91. The lowest BCUT2D eigenvalue weighted by Gasteiger charge is -2.32. The number of benzene rings is 1. The van der Waals surface area contributed by atoms with Gasteiger partial charge in [0.05, 0.1) is 22.1 Å². The number of halogens is 1. The summed E-state index contributed by atoms with van der Waals surface area (Å²) >= 11 is 3.67. The molecule has 5 rings (SSSR count). The van der Waals surface area contributed by atoms with Gasteiger partial charge in [-0.1, -0.05) is 62.2 Å². The normalized spacial score (nSPS) is 14.5. The Morgan fingerprint density at radius 1 is 1.15 bits per heavy atom. The van der Waals surface area contributed by atoms with E-state index in [0.29, 0.717) is 23.0 Å². The van der Waals surface area contributed by atoms with Crippen molar-refractivity contribution < 1.29 is 9.21 Å². The number of aromatic nitrogens is 4. The zero-order valence-corrected chi connectivity index (χ0v) is 24.4. The van der Waals surface area contributed by atoms with Crippen molar-refractivity contribution >= 4 is 27.4 Å². The van der Waals surface area contributed by atoms with Gasteiger partial charge in [0.15, 0.2) is 6.39 Å². The lowest BCUT2D eigenvalue weighted by atomic mass is 9.92. The van der Waals surface area contributed by atoms with Gasteiger partial charge >= 0.3 is 0 Å². The molecule has 1 aliphatic heterocycles. The molecule has 0 atom stereocenters. The van der Waals surface area contributed by atoms with E-state index in [1.807, 2.05) is 42.1 Å². The van der Waals surface area contributed by atoms with Crippen LogP contribution in [0.4, 0.5) is 0 Å². The quantitative estimate of drug-likeness (QED) is 0.237.